The number of halogens is 1. The van der Waals surface area contributed by atoms with E-state index in [-0.39, 0.29) is 0 Å². The number of nitrogens with zero attached hydrogens (tertiary/aromatic N) is 1. The van der Waals surface area contributed by atoms with Crippen molar-refractivity contribution in [1.29, 1.82) is 0 Å². The Morgan fingerprint density at radius 1 is 1.00 bits per heavy atom. The van der Waals surface area contributed by atoms with Gasteiger partial charge in [0.25, 0.3) is 0 Å². The minimum atomic E-state index is 0.427. The van der Waals surface area contributed by atoms with Crippen LogP contribution in [0.3, 0.4) is 0 Å². The quantitative estimate of drug-likeness (QED) is 0.432. The third kappa shape index (κ3) is 4.52. The SMILES string of the molecule is Oc1cccc2c1C(CCCCCCBr)=C(c1cccnc1)CCC2. The van der Waals surface area contributed by atoms with Crippen molar-refractivity contribution >= 4 is 27.1 Å². The van der Waals surface area contributed by atoms with Crippen LogP contribution in [0.2, 0.25) is 0 Å². The van der Waals surface area contributed by atoms with E-state index in [1.807, 2.05) is 30.6 Å². The Morgan fingerprint density at radius 3 is 2.68 bits per heavy atom. The van der Waals surface area contributed by atoms with Crippen LogP contribution in [0.1, 0.15) is 61.6 Å². The van der Waals surface area contributed by atoms with Crippen LogP contribution in [0, 0.1) is 0 Å². The molecular weight excluding hydrogens is 374 g/mol. The zero-order valence-corrected chi connectivity index (χ0v) is 16.3. The third-order valence-electron chi connectivity index (χ3n) is 4.99. The monoisotopic (exact) mass is 399 g/mol. The Kier molecular flexibility index (Phi) is 6.69. The van der Waals surface area contributed by atoms with Crippen molar-refractivity contribution < 1.29 is 5.11 Å². The predicted molar refractivity (Wildman–Crippen MR) is 109 cm³/mol. The van der Waals surface area contributed by atoms with Crippen LogP contribution >= 0.6 is 15.9 Å². The van der Waals surface area contributed by atoms with Crippen molar-refractivity contribution in [2.24, 2.45) is 0 Å². The van der Waals surface area contributed by atoms with Gasteiger partial charge in [0.05, 0.1) is 0 Å². The summed E-state index contributed by atoms with van der Waals surface area (Å²) in [5.41, 5.74) is 6.27. The van der Waals surface area contributed by atoms with E-state index in [0.717, 1.165) is 36.6 Å². The highest BCUT2D eigenvalue weighted by molar-refractivity contribution is 9.09. The normalized spacial score (nSPS) is 14.3. The van der Waals surface area contributed by atoms with Crippen molar-refractivity contribution in [1.82, 2.24) is 4.98 Å². The molecule has 1 aromatic heterocycles. The molecule has 25 heavy (non-hydrogen) atoms. The molecule has 0 aliphatic heterocycles. The van der Waals surface area contributed by atoms with E-state index in [2.05, 4.69) is 33.0 Å². The molecule has 2 aromatic rings. The van der Waals surface area contributed by atoms with Gasteiger partial charge in [0, 0.05) is 23.3 Å². The van der Waals surface area contributed by atoms with Gasteiger partial charge >= 0.3 is 0 Å². The maximum absolute atomic E-state index is 10.6. The van der Waals surface area contributed by atoms with E-state index in [0.29, 0.717) is 5.75 Å². The van der Waals surface area contributed by atoms with Gasteiger partial charge in [0.2, 0.25) is 0 Å². The molecule has 0 radical (unpaired) electrons. The smallest absolute Gasteiger partial charge is 0.123 e. The molecule has 0 bridgehead atoms. The number of benzene rings is 1. The highest BCUT2D eigenvalue weighted by atomic mass is 79.9. The largest absolute Gasteiger partial charge is 0.507 e. The maximum atomic E-state index is 10.6. The van der Waals surface area contributed by atoms with Crippen molar-refractivity contribution in [3.05, 3.63) is 59.4 Å². The Morgan fingerprint density at radius 2 is 1.88 bits per heavy atom. The second-order valence-corrected chi connectivity index (χ2v) is 7.51. The summed E-state index contributed by atoms with van der Waals surface area (Å²) in [6.45, 7) is 0. The Hall–Kier alpha value is -1.61. The standard InChI is InChI=1S/C22H26BrNO/c23-14-4-2-1-3-11-20-19(18-10-7-15-24-16-18)12-5-8-17-9-6-13-21(25)22(17)20/h6-7,9-10,13,15-16,25H,1-5,8,11-12,14H2. The topological polar surface area (TPSA) is 33.1 Å². The summed E-state index contributed by atoms with van der Waals surface area (Å²) in [4.78, 5) is 4.32. The molecule has 0 fully saturated rings. The van der Waals surface area contributed by atoms with E-state index >= 15 is 0 Å². The zero-order chi connectivity index (χ0) is 17.5. The molecule has 0 saturated carbocycles. The molecule has 0 unspecified atom stereocenters. The first kappa shape index (κ1) is 18.2. The lowest BCUT2D eigenvalue weighted by Crippen LogP contribution is -1.96. The average Bonchev–Trinajstić information content (AvgIpc) is 2.83. The highest BCUT2D eigenvalue weighted by Crippen LogP contribution is 2.42. The van der Waals surface area contributed by atoms with Crippen LogP contribution in [0.4, 0.5) is 0 Å². The van der Waals surface area contributed by atoms with Gasteiger partial charge in [-0.25, -0.2) is 0 Å². The number of allylic oxidation sites excluding steroid dienone is 2. The number of hydrogen-bond acceptors (Lipinski definition) is 2. The van der Waals surface area contributed by atoms with E-state index in [1.165, 1.54) is 48.0 Å². The first-order valence-electron chi connectivity index (χ1n) is 9.31. The van der Waals surface area contributed by atoms with Crippen LogP contribution in [0.5, 0.6) is 5.75 Å². The first-order valence-corrected chi connectivity index (χ1v) is 10.4. The van der Waals surface area contributed by atoms with Gasteiger partial charge < -0.3 is 5.11 Å². The number of pyridine rings is 1. The molecule has 0 amide bonds. The summed E-state index contributed by atoms with van der Waals surface area (Å²) in [5.74, 6) is 0.427. The van der Waals surface area contributed by atoms with Gasteiger partial charge in [-0.05, 0) is 72.9 Å². The van der Waals surface area contributed by atoms with E-state index in [4.69, 9.17) is 0 Å². The van der Waals surface area contributed by atoms with Crippen molar-refractivity contribution in [3.8, 4) is 5.75 Å². The fourth-order valence-electron chi connectivity index (χ4n) is 3.79. The number of aromatic nitrogens is 1. The Bertz CT molecular complexity index is 724. The lowest BCUT2D eigenvalue weighted by atomic mass is 9.89. The molecule has 1 aliphatic carbocycles. The molecular formula is C22H26BrNO. The van der Waals surface area contributed by atoms with Crippen molar-refractivity contribution in [2.45, 2.75) is 51.4 Å². The van der Waals surface area contributed by atoms with Gasteiger partial charge in [-0.1, -0.05) is 47.0 Å². The Labute approximate surface area is 159 Å². The molecule has 1 aromatic carbocycles. The Balaban J connectivity index is 1.98. The fraction of sp³-hybridized carbons (Fsp3) is 0.409. The molecule has 0 spiro atoms. The van der Waals surface area contributed by atoms with Crippen LogP contribution < -0.4 is 0 Å². The van der Waals surface area contributed by atoms with Gasteiger partial charge in [-0.15, -0.1) is 0 Å². The van der Waals surface area contributed by atoms with Crippen LogP contribution in [0.25, 0.3) is 11.1 Å². The van der Waals surface area contributed by atoms with Gasteiger partial charge in [-0.2, -0.15) is 0 Å². The van der Waals surface area contributed by atoms with Crippen LogP contribution in [-0.2, 0) is 6.42 Å². The number of hydrogen-bond donors (Lipinski definition) is 1. The maximum Gasteiger partial charge on any atom is 0.123 e. The number of unbranched alkanes of at least 4 members (excludes halogenated alkanes) is 3. The average molecular weight is 400 g/mol. The number of aromatic hydroxyl groups is 1. The summed E-state index contributed by atoms with van der Waals surface area (Å²) in [7, 11) is 0. The summed E-state index contributed by atoms with van der Waals surface area (Å²) in [6, 6.07) is 10.1. The van der Waals surface area contributed by atoms with E-state index < -0.39 is 0 Å². The number of aryl methyl sites for hydroxylation is 1. The summed E-state index contributed by atoms with van der Waals surface area (Å²) < 4.78 is 0. The number of phenols is 1. The van der Waals surface area contributed by atoms with Crippen molar-refractivity contribution in [2.75, 3.05) is 5.33 Å². The number of rotatable bonds is 7. The summed E-state index contributed by atoms with van der Waals surface area (Å²) >= 11 is 3.51. The van der Waals surface area contributed by atoms with E-state index in [1.54, 1.807) is 0 Å². The van der Waals surface area contributed by atoms with E-state index in [9.17, 15) is 5.11 Å². The van der Waals surface area contributed by atoms with Gasteiger partial charge in [0.15, 0.2) is 0 Å². The molecule has 0 atom stereocenters. The molecule has 1 aliphatic rings. The molecule has 1 N–H and O–H groups in total. The summed E-state index contributed by atoms with van der Waals surface area (Å²) in [5, 5.41) is 11.7. The number of fused-ring (bicyclic) bond motifs is 1. The van der Waals surface area contributed by atoms with Gasteiger partial charge in [0.1, 0.15) is 5.75 Å². The second kappa shape index (κ2) is 9.19. The second-order valence-electron chi connectivity index (χ2n) is 6.72. The highest BCUT2D eigenvalue weighted by Gasteiger charge is 2.21. The molecule has 3 rings (SSSR count). The minimum absolute atomic E-state index is 0.427. The van der Waals surface area contributed by atoms with Crippen LogP contribution in [-0.4, -0.2) is 15.4 Å². The number of alkyl halides is 1. The molecule has 1 heterocycles. The molecule has 132 valence electrons. The zero-order valence-electron chi connectivity index (χ0n) is 14.7. The fourth-order valence-corrected chi connectivity index (χ4v) is 4.18. The lowest BCUT2D eigenvalue weighted by molar-refractivity contribution is 0.472. The molecule has 0 saturated heterocycles. The first-order chi connectivity index (χ1) is 12.3. The predicted octanol–water partition coefficient (Wildman–Crippen LogP) is 6.38. The molecule has 2 nitrogen and oxygen atoms in total. The van der Waals surface area contributed by atoms with Crippen molar-refractivity contribution in [3.63, 3.8) is 0 Å². The van der Waals surface area contributed by atoms with Gasteiger partial charge in [-0.3, -0.25) is 4.98 Å². The molecule has 3 heteroatoms. The lowest BCUT2D eigenvalue weighted by Gasteiger charge is -2.17. The number of phenolic OH excluding ortho intramolecular Hbond substituents is 1. The third-order valence-corrected chi connectivity index (χ3v) is 5.55. The van der Waals surface area contributed by atoms with Crippen LogP contribution in [0.15, 0.2) is 42.7 Å². The minimum Gasteiger partial charge on any atom is -0.507 e. The summed E-state index contributed by atoms with van der Waals surface area (Å²) in [6.07, 6.45) is 12.9.